The number of ether oxygens (including phenoxy) is 4. The van der Waals surface area contributed by atoms with Gasteiger partial charge in [0.1, 0.15) is 5.75 Å². The van der Waals surface area contributed by atoms with E-state index in [1.54, 1.807) is 0 Å². The summed E-state index contributed by atoms with van der Waals surface area (Å²) >= 11 is 5.83. The van der Waals surface area contributed by atoms with Gasteiger partial charge in [-0.15, -0.1) is 11.6 Å². The van der Waals surface area contributed by atoms with Gasteiger partial charge in [0, 0.05) is 18.6 Å². The van der Waals surface area contributed by atoms with Crippen molar-refractivity contribution in [3.63, 3.8) is 0 Å². The molecule has 2 aromatic rings. The van der Waals surface area contributed by atoms with Crippen LogP contribution in [0.2, 0.25) is 0 Å². The van der Waals surface area contributed by atoms with Gasteiger partial charge in [0.05, 0.1) is 18.6 Å². The number of hydrogen-bond acceptors (Lipinski definition) is 4. The third-order valence-electron chi connectivity index (χ3n) is 11.1. The highest BCUT2D eigenvalue weighted by Gasteiger charge is 2.59. The van der Waals surface area contributed by atoms with Crippen molar-refractivity contribution >= 4 is 11.6 Å². The number of fused-ring (bicyclic) bond motifs is 5. The maximum absolute atomic E-state index is 6.83. The molecule has 0 N–H and O–H groups in total. The Hall–Kier alpha value is -2.03. The Morgan fingerprint density at radius 2 is 1.69 bits per heavy atom. The van der Waals surface area contributed by atoms with Gasteiger partial charge in [-0.3, -0.25) is 0 Å². The summed E-state index contributed by atoms with van der Waals surface area (Å²) in [5, 5.41) is 0. The van der Waals surface area contributed by atoms with E-state index in [4.69, 9.17) is 30.5 Å². The molecule has 0 aromatic heterocycles. The number of rotatable bonds is 5. The molecule has 5 heteroatoms. The second-order valence-electron chi connectivity index (χ2n) is 13.5. The maximum Gasteiger partial charge on any atom is 0.199 e. The predicted molar refractivity (Wildman–Crippen MR) is 166 cm³/mol. The summed E-state index contributed by atoms with van der Waals surface area (Å²) in [5.74, 6) is 9.75. The number of hydrogen-bond donors (Lipinski definition) is 0. The maximum atomic E-state index is 6.83. The van der Waals surface area contributed by atoms with Crippen LogP contribution in [0, 0.1) is 29.1 Å². The lowest BCUT2D eigenvalue weighted by atomic mass is 9.51. The molecule has 8 atom stereocenters. The van der Waals surface area contributed by atoms with E-state index in [1.807, 2.05) is 0 Å². The Morgan fingerprint density at radius 3 is 2.43 bits per heavy atom. The molecule has 2 unspecified atom stereocenters. The van der Waals surface area contributed by atoms with Crippen molar-refractivity contribution in [1.82, 2.24) is 0 Å². The van der Waals surface area contributed by atoms with E-state index in [9.17, 15) is 0 Å². The van der Waals surface area contributed by atoms with E-state index < -0.39 is 0 Å². The van der Waals surface area contributed by atoms with Gasteiger partial charge < -0.3 is 18.9 Å². The van der Waals surface area contributed by atoms with Crippen molar-refractivity contribution in [1.29, 1.82) is 0 Å². The molecule has 2 saturated heterocycles. The minimum absolute atomic E-state index is 0.0334. The Kier molecular flexibility index (Phi) is 8.57. The van der Waals surface area contributed by atoms with Gasteiger partial charge in [0.2, 0.25) is 0 Å². The molecule has 0 bridgehead atoms. The summed E-state index contributed by atoms with van der Waals surface area (Å²) in [4.78, 5) is 0. The van der Waals surface area contributed by atoms with Crippen LogP contribution in [0.1, 0.15) is 105 Å². The summed E-state index contributed by atoms with van der Waals surface area (Å²) in [7, 11) is 0. The largest absolute Gasteiger partial charge is 0.465 e. The highest BCUT2D eigenvalue weighted by atomic mass is 35.5. The van der Waals surface area contributed by atoms with Crippen molar-refractivity contribution in [2.45, 2.75) is 108 Å². The van der Waals surface area contributed by atoms with Crippen molar-refractivity contribution in [3.8, 4) is 17.6 Å². The van der Waals surface area contributed by atoms with Gasteiger partial charge in [-0.25, -0.2) is 0 Å². The first-order valence-electron chi connectivity index (χ1n) is 16.5. The van der Waals surface area contributed by atoms with E-state index in [0.717, 1.165) is 69.5 Å². The van der Waals surface area contributed by atoms with Crippen LogP contribution in [0.25, 0.3) is 0 Å². The summed E-state index contributed by atoms with van der Waals surface area (Å²) in [6.07, 6.45) is 12.7. The molecule has 2 heterocycles. The smallest absolute Gasteiger partial charge is 0.199 e. The summed E-state index contributed by atoms with van der Waals surface area (Å²) < 4.78 is 25.1. The van der Waals surface area contributed by atoms with Gasteiger partial charge >= 0.3 is 0 Å². The lowest BCUT2D eigenvalue weighted by Gasteiger charge is -2.54. The molecule has 42 heavy (non-hydrogen) atoms. The molecule has 0 spiro atoms. The third-order valence-corrected chi connectivity index (χ3v) is 11.2. The van der Waals surface area contributed by atoms with Crippen LogP contribution in [0.15, 0.2) is 42.5 Å². The quantitative estimate of drug-likeness (QED) is 0.260. The highest BCUT2D eigenvalue weighted by molar-refractivity contribution is 6.19. The molecular weight excluding hydrogens is 544 g/mol. The monoisotopic (exact) mass is 588 g/mol. The van der Waals surface area contributed by atoms with Crippen molar-refractivity contribution in [3.05, 3.63) is 64.7 Å². The first kappa shape index (κ1) is 28.7. The summed E-state index contributed by atoms with van der Waals surface area (Å²) in [6, 6.07) is 15.9. The molecule has 7 rings (SSSR count). The Bertz CT molecular complexity index is 1290. The zero-order chi connectivity index (χ0) is 28.5. The van der Waals surface area contributed by atoms with Gasteiger partial charge in [-0.1, -0.05) is 37.0 Å². The molecule has 4 nitrogen and oxygen atoms in total. The predicted octanol–water partition coefficient (Wildman–Crippen LogP) is 8.34. The highest BCUT2D eigenvalue weighted by Crippen LogP contribution is 2.65. The minimum atomic E-state index is -0.111. The molecule has 224 valence electrons. The van der Waals surface area contributed by atoms with Crippen molar-refractivity contribution in [2.24, 2.45) is 17.3 Å². The van der Waals surface area contributed by atoms with Crippen LogP contribution in [0.3, 0.4) is 0 Å². The van der Waals surface area contributed by atoms with Gasteiger partial charge in [-0.05, 0) is 134 Å². The zero-order valence-corrected chi connectivity index (χ0v) is 25.7. The second kappa shape index (κ2) is 12.5. The Balaban J connectivity index is 1.21. The standard InChI is InChI=1S/C37H45ClO4/c1-37-24-31(26-12-10-25(11-13-26)7-6-20-38)36-29-17-15-28(41-34-8-2-4-21-39-34)23-27(29)14-16-30(36)32(37)18-19-33(37)42-35-9-3-5-22-40-35/h10-13,15,17,23,30-36H,2-5,8-9,14,16,18-22,24H2,1H3/t30-,31+,32-,33-,34?,35?,36+,37-/m0/s1. The molecule has 2 aliphatic heterocycles. The molecule has 4 fully saturated rings. The average Bonchev–Trinajstić information content (AvgIpc) is 3.36. The van der Waals surface area contributed by atoms with E-state index in [0.29, 0.717) is 29.6 Å². The van der Waals surface area contributed by atoms with Crippen LogP contribution in [0.5, 0.6) is 5.75 Å². The topological polar surface area (TPSA) is 36.9 Å². The number of halogens is 1. The fourth-order valence-corrected chi connectivity index (χ4v) is 9.23. The normalized spacial score (nSPS) is 35.7. The second-order valence-corrected chi connectivity index (χ2v) is 13.7. The zero-order valence-electron chi connectivity index (χ0n) is 25.0. The molecule has 0 radical (unpaired) electrons. The van der Waals surface area contributed by atoms with E-state index in [1.165, 1.54) is 42.4 Å². The lowest BCUT2D eigenvalue weighted by molar-refractivity contribution is -0.213. The lowest BCUT2D eigenvalue weighted by Crippen LogP contribution is -2.48. The first-order chi connectivity index (χ1) is 20.6. The number of alkyl halides is 1. The van der Waals surface area contributed by atoms with Crippen molar-refractivity contribution in [2.75, 3.05) is 19.1 Å². The SMILES string of the molecule is C[C@]12C[C@H](c3ccc(C#CCCl)cc3)[C@@H]3c4ccc(OC5CCCCO5)cc4CC[C@H]3[C@@H]1CC[C@@H]2OC1CCCCO1. The van der Waals surface area contributed by atoms with E-state index in [-0.39, 0.29) is 24.1 Å². The van der Waals surface area contributed by atoms with Crippen LogP contribution in [0.4, 0.5) is 0 Å². The molecule has 2 saturated carbocycles. The molecule has 5 aliphatic rings. The van der Waals surface area contributed by atoms with Gasteiger partial charge in [0.25, 0.3) is 0 Å². The number of benzene rings is 2. The van der Waals surface area contributed by atoms with Crippen LogP contribution >= 0.6 is 11.6 Å². The van der Waals surface area contributed by atoms with Crippen LogP contribution < -0.4 is 4.74 Å². The average molecular weight is 589 g/mol. The summed E-state index contributed by atoms with van der Waals surface area (Å²) in [6.45, 7) is 4.17. The Morgan fingerprint density at radius 1 is 0.905 bits per heavy atom. The molecule has 2 aromatic carbocycles. The Labute approximate surface area is 256 Å². The number of aryl methyl sites for hydroxylation is 1. The first-order valence-corrected chi connectivity index (χ1v) is 17.0. The third kappa shape index (κ3) is 5.63. The summed E-state index contributed by atoms with van der Waals surface area (Å²) in [5.41, 5.74) is 5.58. The fourth-order valence-electron chi connectivity index (χ4n) is 9.17. The molecular formula is C37H45ClO4. The minimum Gasteiger partial charge on any atom is -0.465 e. The van der Waals surface area contributed by atoms with Crippen LogP contribution in [-0.2, 0) is 20.6 Å². The molecule has 3 aliphatic carbocycles. The molecule has 0 amide bonds. The van der Waals surface area contributed by atoms with Gasteiger partial charge in [-0.2, -0.15) is 0 Å². The fraction of sp³-hybridized carbons (Fsp3) is 0.622. The van der Waals surface area contributed by atoms with E-state index in [2.05, 4.69) is 61.2 Å². The van der Waals surface area contributed by atoms with Crippen molar-refractivity contribution < 1.29 is 18.9 Å². The van der Waals surface area contributed by atoms with Crippen LogP contribution in [-0.4, -0.2) is 37.8 Å². The van der Waals surface area contributed by atoms with Gasteiger partial charge in [0.15, 0.2) is 12.6 Å². The van der Waals surface area contributed by atoms with E-state index >= 15 is 0 Å².